The molecule has 0 radical (unpaired) electrons. The summed E-state index contributed by atoms with van der Waals surface area (Å²) in [4.78, 5) is 15.8. The van der Waals surface area contributed by atoms with Crippen molar-refractivity contribution in [1.82, 2.24) is 4.90 Å². The van der Waals surface area contributed by atoms with Crippen LogP contribution in [-0.4, -0.2) is 42.8 Å². The van der Waals surface area contributed by atoms with E-state index in [1.165, 1.54) is 0 Å². The topological polar surface area (TPSA) is 58.8 Å². The van der Waals surface area contributed by atoms with E-state index >= 15 is 0 Å². The standard InChI is InChI=1S/C16H24FN3O2/c1-16(2,3)22-15(21)20-8-6-19(7-9-20)14-5-4-12(11-17)10-13(14)18/h4-5,10H,6-9,11,18H2,1-3H3. The zero-order chi connectivity index (χ0) is 16.3. The van der Waals surface area contributed by atoms with Gasteiger partial charge in [-0.3, -0.25) is 0 Å². The molecule has 1 fully saturated rings. The number of alkyl halides is 1. The van der Waals surface area contributed by atoms with Crippen LogP contribution in [0.5, 0.6) is 0 Å². The predicted octanol–water partition coefficient (Wildman–Crippen LogP) is 2.80. The number of ether oxygens (including phenoxy) is 1. The van der Waals surface area contributed by atoms with E-state index in [-0.39, 0.29) is 6.09 Å². The third kappa shape index (κ3) is 4.02. The first-order valence-corrected chi connectivity index (χ1v) is 7.47. The van der Waals surface area contributed by atoms with Crippen molar-refractivity contribution >= 4 is 17.5 Å². The normalized spacial score (nSPS) is 15.8. The Morgan fingerprint density at radius 1 is 1.27 bits per heavy atom. The van der Waals surface area contributed by atoms with Crippen LogP contribution < -0.4 is 10.6 Å². The third-order valence-electron chi connectivity index (χ3n) is 3.52. The molecule has 0 saturated carbocycles. The maximum Gasteiger partial charge on any atom is 0.410 e. The predicted molar refractivity (Wildman–Crippen MR) is 85.7 cm³/mol. The summed E-state index contributed by atoms with van der Waals surface area (Å²) >= 11 is 0. The SMILES string of the molecule is CC(C)(C)OC(=O)N1CCN(c2ccc(CF)cc2N)CC1. The average molecular weight is 309 g/mol. The summed E-state index contributed by atoms with van der Waals surface area (Å²) in [5.41, 5.74) is 7.54. The van der Waals surface area contributed by atoms with Gasteiger partial charge in [0.25, 0.3) is 0 Å². The molecular formula is C16H24FN3O2. The number of nitrogen functional groups attached to an aromatic ring is 1. The highest BCUT2D eigenvalue weighted by molar-refractivity contribution is 5.71. The highest BCUT2D eigenvalue weighted by atomic mass is 19.1. The van der Waals surface area contributed by atoms with Crippen LogP contribution in [0, 0.1) is 0 Å². The number of nitrogens with zero attached hydrogens (tertiary/aromatic N) is 2. The molecule has 1 aromatic rings. The fourth-order valence-electron chi connectivity index (χ4n) is 2.43. The lowest BCUT2D eigenvalue weighted by atomic mass is 10.1. The number of hydrogen-bond donors (Lipinski definition) is 1. The molecule has 22 heavy (non-hydrogen) atoms. The summed E-state index contributed by atoms with van der Waals surface area (Å²) in [7, 11) is 0. The van der Waals surface area contributed by atoms with Gasteiger partial charge in [0, 0.05) is 26.2 Å². The zero-order valence-electron chi connectivity index (χ0n) is 13.4. The van der Waals surface area contributed by atoms with Crippen LogP contribution in [0.4, 0.5) is 20.6 Å². The number of piperazine rings is 1. The molecule has 6 heteroatoms. The molecule has 0 aromatic heterocycles. The molecule has 2 N–H and O–H groups in total. The Labute approximate surface area is 130 Å². The molecule has 0 bridgehead atoms. The molecule has 1 amide bonds. The van der Waals surface area contributed by atoms with Gasteiger partial charge in [0.1, 0.15) is 12.3 Å². The van der Waals surface area contributed by atoms with E-state index in [4.69, 9.17) is 10.5 Å². The van der Waals surface area contributed by atoms with Gasteiger partial charge >= 0.3 is 6.09 Å². The molecule has 1 aromatic carbocycles. The minimum absolute atomic E-state index is 0.284. The molecule has 122 valence electrons. The van der Waals surface area contributed by atoms with Crippen molar-refractivity contribution in [3.05, 3.63) is 23.8 Å². The monoisotopic (exact) mass is 309 g/mol. The highest BCUT2D eigenvalue weighted by Crippen LogP contribution is 2.26. The summed E-state index contributed by atoms with van der Waals surface area (Å²) < 4.78 is 18.0. The van der Waals surface area contributed by atoms with Crippen LogP contribution in [-0.2, 0) is 11.4 Å². The Kier molecular flexibility index (Phi) is 4.78. The van der Waals surface area contributed by atoms with E-state index in [1.54, 1.807) is 17.0 Å². The lowest BCUT2D eigenvalue weighted by Gasteiger charge is -2.37. The lowest BCUT2D eigenvalue weighted by Crippen LogP contribution is -2.50. The fraction of sp³-hybridized carbons (Fsp3) is 0.562. The molecule has 0 aliphatic carbocycles. The summed E-state index contributed by atoms with van der Waals surface area (Å²) in [6.07, 6.45) is -0.284. The van der Waals surface area contributed by atoms with E-state index in [1.807, 2.05) is 26.8 Å². The van der Waals surface area contributed by atoms with Gasteiger partial charge in [-0.05, 0) is 38.5 Å². The number of halogens is 1. The van der Waals surface area contributed by atoms with E-state index in [2.05, 4.69) is 4.90 Å². The largest absolute Gasteiger partial charge is 0.444 e. The molecule has 2 rings (SSSR count). The van der Waals surface area contributed by atoms with Crippen molar-refractivity contribution in [1.29, 1.82) is 0 Å². The third-order valence-corrected chi connectivity index (χ3v) is 3.52. The first-order chi connectivity index (χ1) is 10.3. The number of rotatable bonds is 2. The number of amides is 1. The van der Waals surface area contributed by atoms with Crippen molar-refractivity contribution < 1.29 is 13.9 Å². The average Bonchev–Trinajstić information content (AvgIpc) is 2.45. The van der Waals surface area contributed by atoms with Gasteiger partial charge in [-0.25, -0.2) is 9.18 Å². The van der Waals surface area contributed by atoms with Crippen LogP contribution >= 0.6 is 0 Å². The summed E-state index contributed by atoms with van der Waals surface area (Å²) in [5, 5.41) is 0. The van der Waals surface area contributed by atoms with Crippen LogP contribution in [0.15, 0.2) is 18.2 Å². The molecule has 1 heterocycles. The highest BCUT2D eigenvalue weighted by Gasteiger charge is 2.26. The number of carbonyl (C=O) groups excluding carboxylic acids is 1. The second kappa shape index (κ2) is 6.42. The molecule has 0 spiro atoms. The van der Waals surface area contributed by atoms with Crippen LogP contribution in [0.25, 0.3) is 0 Å². The molecule has 0 unspecified atom stereocenters. The number of benzene rings is 1. The molecule has 1 aliphatic heterocycles. The summed E-state index contributed by atoms with van der Waals surface area (Å²) in [6.45, 7) is 7.57. The molecule has 0 atom stereocenters. The van der Waals surface area contributed by atoms with Crippen molar-refractivity contribution in [2.24, 2.45) is 0 Å². The molecule has 1 saturated heterocycles. The Hall–Kier alpha value is -1.98. The van der Waals surface area contributed by atoms with E-state index in [0.717, 1.165) is 5.69 Å². The molecule has 1 aliphatic rings. The van der Waals surface area contributed by atoms with Crippen molar-refractivity contribution in [3.8, 4) is 0 Å². The smallest absolute Gasteiger partial charge is 0.410 e. The first kappa shape index (κ1) is 16.4. The molecular weight excluding hydrogens is 285 g/mol. The van der Waals surface area contributed by atoms with Crippen LogP contribution in [0.3, 0.4) is 0 Å². The van der Waals surface area contributed by atoms with Gasteiger partial charge < -0.3 is 20.3 Å². The van der Waals surface area contributed by atoms with E-state index in [0.29, 0.717) is 37.4 Å². The zero-order valence-corrected chi connectivity index (χ0v) is 13.4. The number of hydrogen-bond acceptors (Lipinski definition) is 4. The van der Waals surface area contributed by atoms with Gasteiger partial charge in [0.2, 0.25) is 0 Å². The fourth-order valence-corrected chi connectivity index (χ4v) is 2.43. The Bertz CT molecular complexity index is 535. The van der Waals surface area contributed by atoms with Gasteiger partial charge in [-0.15, -0.1) is 0 Å². The van der Waals surface area contributed by atoms with Crippen molar-refractivity contribution in [2.45, 2.75) is 33.0 Å². The Morgan fingerprint density at radius 2 is 1.91 bits per heavy atom. The second-order valence-corrected chi connectivity index (χ2v) is 6.48. The quantitative estimate of drug-likeness (QED) is 0.854. The van der Waals surface area contributed by atoms with Gasteiger partial charge in [-0.2, -0.15) is 0 Å². The lowest BCUT2D eigenvalue weighted by molar-refractivity contribution is 0.0240. The Morgan fingerprint density at radius 3 is 2.41 bits per heavy atom. The summed E-state index contributed by atoms with van der Waals surface area (Å²) in [5.74, 6) is 0. The van der Waals surface area contributed by atoms with Gasteiger partial charge in [0.15, 0.2) is 0 Å². The van der Waals surface area contributed by atoms with Crippen molar-refractivity contribution in [3.63, 3.8) is 0 Å². The van der Waals surface area contributed by atoms with E-state index < -0.39 is 12.3 Å². The molecule has 5 nitrogen and oxygen atoms in total. The number of nitrogens with two attached hydrogens (primary N) is 1. The summed E-state index contributed by atoms with van der Waals surface area (Å²) in [6, 6.07) is 5.24. The van der Waals surface area contributed by atoms with Crippen molar-refractivity contribution in [2.75, 3.05) is 36.8 Å². The van der Waals surface area contributed by atoms with Gasteiger partial charge in [0.05, 0.1) is 11.4 Å². The minimum Gasteiger partial charge on any atom is -0.444 e. The first-order valence-electron chi connectivity index (χ1n) is 7.47. The number of carbonyl (C=O) groups is 1. The maximum atomic E-state index is 12.6. The minimum atomic E-state index is -0.517. The Balaban J connectivity index is 1.96. The van der Waals surface area contributed by atoms with Crippen LogP contribution in [0.1, 0.15) is 26.3 Å². The second-order valence-electron chi connectivity index (χ2n) is 6.48. The number of anilines is 2. The van der Waals surface area contributed by atoms with E-state index in [9.17, 15) is 9.18 Å². The van der Waals surface area contributed by atoms with Crippen LogP contribution in [0.2, 0.25) is 0 Å². The van der Waals surface area contributed by atoms with Gasteiger partial charge in [-0.1, -0.05) is 6.07 Å². The maximum absolute atomic E-state index is 12.6.